The molecule has 0 aliphatic heterocycles. The van der Waals surface area contributed by atoms with Crippen LogP contribution in [0.4, 0.5) is 0 Å². The summed E-state index contributed by atoms with van der Waals surface area (Å²) in [7, 11) is 9.45. The van der Waals surface area contributed by atoms with Crippen LogP contribution in [0.15, 0.2) is 194 Å². The largest absolute Gasteiger partial charge is 0.493 e. The van der Waals surface area contributed by atoms with Gasteiger partial charge in [-0.1, -0.05) is 133 Å². The summed E-state index contributed by atoms with van der Waals surface area (Å²) in [5.41, 5.74) is 13.4. The van der Waals surface area contributed by atoms with Crippen LogP contribution in [0.5, 0.6) is 57.5 Å². The van der Waals surface area contributed by atoms with Crippen LogP contribution in [-0.4, -0.2) is 72.7 Å². The number of rotatable bonds is 27. The number of hydrogen-bond acceptors (Lipinski definition) is 13. The van der Waals surface area contributed by atoms with Crippen molar-refractivity contribution < 1.29 is 62.1 Å². The van der Waals surface area contributed by atoms with Crippen molar-refractivity contribution in [1.29, 1.82) is 0 Å². The van der Waals surface area contributed by atoms with E-state index in [1.54, 1.807) is 58.8 Å². The minimum Gasteiger partial charge on any atom is -0.493 e. The predicted molar refractivity (Wildman–Crippen MR) is 323 cm³/mol. The van der Waals surface area contributed by atoms with Crippen LogP contribution in [0.2, 0.25) is 0 Å². The van der Waals surface area contributed by atoms with Gasteiger partial charge in [-0.3, -0.25) is 4.79 Å². The van der Waals surface area contributed by atoms with Gasteiger partial charge < -0.3 is 63.5 Å². The number of carbonyl (C=O) groups is 2. The lowest BCUT2D eigenvalue weighted by atomic mass is 10.1. The molecule has 0 unspecified atom stereocenters. The number of nitrogens with two attached hydrogens (primary N) is 1. The van der Waals surface area contributed by atoms with Crippen molar-refractivity contribution >= 4 is 24.0 Å². The molecular weight excluding hydrogens is 1050 g/mol. The van der Waals surface area contributed by atoms with Gasteiger partial charge in [-0.25, -0.2) is 4.79 Å². The van der Waals surface area contributed by atoms with E-state index < -0.39 is 5.97 Å². The van der Waals surface area contributed by atoms with E-state index in [0.717, 1.165) is 62.9 Å². The second-order valence-electron chi connectivity index (χ2n) is 18.2. The van der Waals surface area contributed by atoms with Gasteiger partial charge in [0.1, 0.15) is 26.4 Å². The first kappa shape index (κ1) is 62.3. The fourth-order valence-corrected chi connectivity index (χ4v) is 8.08. The van der Waals surface area contributed by atoms with E-state index in [4.69, 9.17) is 58.2 Å². The Hall–Kier alpha value is -9.86. The van der Waals surface area contributed by atoms with E-state index in [1.807, 2.05) is 158 Å². The molecule has 15 heteroatoms. The number of amides is 1. The van der Waals surface area contributed by atoms with Crippen molar-refractivity contribution in [1.82, 2.24) is 5.32 Å². The molecule has 0 saturated heterocycles. The number of carbonyl (C=O) groups excluding carboxylic acids is 1. The molecule has 15 nitrogen and oxygen atoms in total. The highest BCUT2D eigenvalue weighted by molar-refractivity contribution is 5.92. The Bertz CT molecular complexity index is 3250. The van der Waals surface area contributed by atoms with Crippen molar-refractivity contribution in [3.63, 3.8) is 0 Å². The van der Waals surface area contributed by atoms with Crippen LogP contribution < -0.4 is 58.4 Å². The van der Waals surface area contributed by atoms with E-state index >= 15 is 0 Å². The summed E-state index contributed by atoms with van der Waals surface area (Å²) in [5.74, 6) is 4.59. The molecule has 0 saturated carbocycles. The normalized spacial score (nSPS) is 10.5. The van der Waals surface area contributed by atoms with E-state index in [-0.39, 0.29) is 5.91 Å². The Morgan fingerprint density at radius 2 is 0.735 bits per heavy atom. The van der Waals surface area contributed by atoms with Crippen molar-refractivity contribution in [2.75, 3.05) is 55.7 Å². The molecule has 1 amide bonds. The first-order valence-electron chi connectivity index (χ1n) is 26.7. The van der Waals surface area contributed by atoms with E-state index in [9.17, 15) is 9.59 Å². The number of nitrogens with one attached hydrogen (secondary N) is 1. The smallest absolute Gasteiger partial charge is 0.328 e. The maximum absolute atomic E-state index is 12.5. The fourth-order valence-electron chi connectivity index (χ4n) is 8.08. The van der Waals surface area contributed by atoms with Gasteiger partial charge in [-0.2, -0.15) is 0 Å². The Morgan fingerprint density at radius 3 is 1.07 bits per heavy atom. The van der Waals surface area contributed by atoms with Gasteiger partial charge in [0.05, 0.1) is 42.7 Å². The highest BCUT2D eigenvalue weighted by Crippen LogP contribution is 2.41. The number of carboxylic acids is 1. The summed E-state index contributed by atoms with van der Waals surface area (Å²) in [6.45, 7) is 2.82. The van der Waals surface area contributed by atoms with Gasteiger partial charge in [0.15, 0.2) is 46.0 Å². The summed E-state index contributed by atoms with van der Waals surface area (Å²) < 4.78 is 56.2. The minimum atomic E-state index is -1.02. The fraction of sp³-hybridized carbons (Fsp3) is 0.206. The highest BCUT2D eigenvalue weighted by atomic mass is 16.5. The predicted octanol–water partition coefficient (Wildman–Crippen LogP) is 12.4. The lowest BCUT2D eigenvalue weighted by Crippen LogP contribution is -2.23. The van der Waals surface area contributed by atoms with Crippen molar-refractivity contribution in [2.45, 2.75) is 39.3 Å². The second kappa shape index (κ2) is 34.3. The lowest BCUT2D eigenvalue weighted by Gasteiger charge is -2.15. The van der Waals surface area contributed by atoms with Gasteiger partial charge in [0.2, 0.25) is 17.4 Å². The molecule has 83 heavy (non-hydrogen) atoms. The minimum absolute atomic E-state index is 0.207. The second-order valence-corrected chi connectivity index (χ2v) is 18.2. The molecule has 8 rings (SSSR count). The van der Waals surface area contributed by atoms with Gasteiger partial charge in [0.25, 0.3) is 0 Å². The molecular formula is C68H72N2O13. The Balaban J connectivity index is 0.000000221. The van der Waals surface area contributed by atoms with E-state index in [2.05, 4.69) is 5.32 Å². The summed E-state index contributed by atoms with van der Waals surface area (Å²) in [5, 5.41) is 11.6. The molecule has 4 N–H and O–H groups in total. The average Bonchev–Trinajstić information content (AvgIpc) is 3.53. The summed E-state index contributed by atoms with van der Waals surface area (Å²) >= 11 is 0. The summed E-state index contributed by atoms with van der Waals surface area (Å²) in [4.78, 5) is 23.2. The zero-order valence-electron chi connectivity index (χ0n) is 47.7. The van der Waals surface area contributed by atoms with Crippen molar-refractivity contribution in [3.8, 4) is 57.5 Å². The van der Waals surface area contributed by atoms with Crippen molar-refractivity contribution in [2.24, 2.45) is 5.73 Å². The van der Waals surface area contributed by atoms with Crippen LogP contribution in [0.25, 0.3) is 12.2 Å². The van der Waals surface area contributed by atoms with Crippen LogP contribution in [-0.2, 0) is 48.9 Å². The Morgan fingerprint density at radius 1 is 0.398 bits per heavy atom. The maximum atomic E-state index is 12.5. The molecule has 0 spiro atoms. The van der Waals surface area contributed by atoms with Crippen molar-refractivity contribution in [3.05, 3.63) is 239 Å². The molecule has 8 aromatic rings. The highest BCUT2D eigenvalue weighted by Gasteiger charge is 2.16. The average molecular weight is 1130 g/mol. The lowest BCUT2D eigenvalue weighted by molar-refractivity contribution is -0.131. The van der Waals surface area contributed by atoms with Gasteiger partial charge >= 0.3 is 5.97 Å². The topological polar surface area (TPSA) is 185 Å². The van der Waals surface area contributed by atoms with E-state index in [1.165, 1.54) is 26.4 Å². The number of carboxylic acid groups (broad SMARTS) is 1. The number of ether oxygens (including phenoxy) is 10. The van der Waals surface area contributed by atoms with Gasteiger partial charge in [-0.15, -0.1) is 0 Å². The summed E-state index contributed by atoms with van der Waals surface area (Å²) in [6.07, 6.45) is 7.20. The van der Waals surface area contributed by atoms with Crippen LogP contribution in [0.1, 0.15) is 44.5 Å². The molecule has 0 aromatic heterocycles. The Kier molecular flexibility index (Phi) is 25.8. The van der Waals surface area contributed by atoms with E-state index in [0.29, 0.717) is 97.5 Å². The molecule has 8 aromatic carbocycles. The SMILES string of the molecule is COc1cc(/C=C/C(=O)O)cc(OC)c1OCc1ccccc1.COc1ccc(CCN)cc1OCc1ccccc1.COc1ccc(CCNC(=O)/C=C/c2cc(OC)c(OCc3ccccc3)c(OC)c2)cc1OCc1ccccc1. The molecule has 0 aliphatic rings. The third kappa shape index (κ3) is 20.6. The van der Waals surface area contributed by atoms with Gasteiger partial charge in [0, 0.05) is 18.7 Å². The monoisotopic (exact) mass is 1120 g/mol. The van der Waals surface area contributed by atoms with Crippen LogP contribution in [0.3, 0.4) is 0 Å². The van der Waals surface area contributed by atoms with Crippen LogP contribution >= 0.6 is 0 Å². The molecule has 0 radical (unpaired) electrons. The Labute approximate surface area is 486 Å². The number of hydrogen-bond donors (Lipinski definition) is 3. The third-order valence-electron chi connectivity index (χ3n) is 12.3. The zero-order valence-corrected chi connectivity index (χ0v) is 47.7. The maximum Gasteiger partial charge on any atom is 0.328 e. The van der Waals surface area contributed by atoms with Crippen LogP contribution in [0, 0.1) is 0 Å². The van der Waals surface area contributed by atoms with Gasteiger partial charge in [-0.05, 0) is 125 Å². The molecule has 432 valence electrons. The summed E-state index contributed by atoms with van der Waals surface area (Å²) in [6, 6.07) is 58.4. The molecule has 0 fully saturated rings. The molecule has 0 atom stereocenters. The quantitative estimate of drug-likeness (QED) is 0.0413. The molecule has 0 aliphatic carbocycles. The number of methoxy groups -OCH3 is 6. The number of aliphatic carboxylic acids is 1. The zero-order chi connectivity index (χ0) is 59.0. The standard InChI is InChI=1S/C34H35NO6.C18H18O5.C16H19NO2/c1-37-29-16-14-25(20-30(29)40-23-26-10-6-4-7-11-26)18-19-35-33(36)17-15-28-21-31(38-2)34(32(22-28)39-3)41-24-27-12-8-5-9-13-27;1-21-15-10-14(8-9-17(19)20)11-16(22-2)18(15)23-12-13-6-4-3-5-7-13;1-18-15-8-7-13(9-10-17)11-16(15)19-12-14-5-3-2-4-6-14/h4-17,20-22H,18-19,23-24H2,1-3H3,(H,35,36);3-11H,12H2,1-2H3,(H,19,20);2-8,11H,9-10,12,17H2,1H3/b17-15+;9-8+;. The first-order chi connectivity index (χ1) is 40.6. The number of benzene rings is 8. The molecule has 0 bridgehead atoms. The molecule has 0 heterocycles. The third-order valence-corrected chi connectivity index (χ3v) is 12.3. The first-order valence-corrected chi connectivity index (χ1v) is 26.7.